The summed E-state index contributed by atoms with van der Waals surface area (Å²) in [6, 6.07) is 5.61. The minimum atomic E-state index is -0.941. The molecule has 12 heteroatoms. The van der Waals surface area contributed by atoms with Crippen LogP contribution >= 0.6 is 0 Å². The molecular weight excluding hydrogens is 454 g/mol. The van der Waals surface area contributed by atoms with Crippen LogP contribution in [-0.4, -0.2) is 49.7 Å². The summed E-state index contributed by atoms with van der Waals surface area (Å²) >= 11 is 0. The number of aromatic amines is 1. The van der Waals surface area contributed by atoms with Gasteiger partial charge in [0.05, 0.1) is 18.4 Å². The smallest absolute Gasteiger partial charge is 0.329 e. The number of amides is 1. The van der Waals surface area contributed by atoms with Gasteiger partial charge in [-0.1, -0.05) is 0 Å². The molecule has 1 atom stereocenters. The zero-order chi connectivity index (χ0) is 25.6. The minimum absolute atomic E-state index is 0.0343. The van der Waals surface area contributed by atoms with Crippen molar-refractivity contribution in [1.82, 2.24) is 25.3 Å². The zero-order valence-corrected chi connectivity index (χ0v) is 19.6. The molecule has 5 N–H and O–H groups in total. The van der Waals surface area contributed by atoms with Crippen LogP contribution in [0.2, 0.25) is 0 Å². The van der Waals surface area contributed by atoms with E-state index in [1.165, 1.54) is 6.20 Å². The second kappa shape index (κ2) is 10.7. The lowest BCUT2D eigenvalue weighted by Crippen LogP contribution is -2.44. The third-order valence-corrected chi connectivity index (χ3v) is 4.68. The van der Waals surface area contributed by atoms with Gasteiger partial charge in [-0.2, -0.15) is 4.98 Å². The van der Waals surface area contributed by atoms with Gasteiger partial charge in [0.2, 0.25) is 5.95 Å². The molecule has 0 spiro atoms. The van der Waals surface area contributed by atoms with E-state index >= 15 is 0 Å². The Morgan fingerprint density at radius 1 is 1.20 bits per heavy atom. The predicted molar refractivity (Wildman–Crippen MR) is 129 cm³/mol. The lowest BCUT2D eigenvalue weighted by molar-refractivity contribution is -0.157. The van der Waals surface area contributed by atoms with Gasteiger partial charge < -0.3 is 25.9 Å². The van der Waals surface area contributed by atoms with Crippen LogP contribution < -0.4 is 21.9 Å². The number of rotatable bonds is 9. The van der Waals surface area contributed by atoms with Crippen molar-refractivity contribution < 1.29 is 19.1 Å². The van der Waals surface area contributed by atoms with Gasteiger partial charge in [-0.25, -0.2) is 14.8 Å². The maximum absolute atomic E-state index is 12.7. The number of nitrogen functional groups attached to an aromatic ring is 1. The largest absolute Gasteiger partial charge is 0.458 e. The molecule has 0 aliphatic carbocycles. The Morgan fingerprint density at radius 2 is 1.91 bits per heavy atom. The Hall–Kier alpha value is -4.35. The van der Waals surface area contributed by atoms with Crippen LogP contribution in [0.15, 0.2) is 35.3 Å². The SMILES string of the molecule is CC(C)(C)OC(=O)C(CCC=O)NC(=O)c1ccc(NCc2cnc3nc(N)[nH]c(=O)c3n2)cc1. The fourth-order valence-electron chi connectivity index (χ4n) is 3.09. The number of benzene rings is 1. The quantitative estimate of drug-likeness (QED) is 0.257. The number of anilines is 2. The first-order valence-corrected chi connectivity index (χ1v) is 10.9. The first-order valence-electron chi connectivity index (χ1n) is 10.9. The molecule has 0 aliphatic rings. The van der Waals surface area contributed by atoms with Crippen LogP contribution in [0.1, 0.15) is 49.7 Å². The molecule has 3 aromatic rings. The number of aromatic nitrogens is 4. The topological polar surface area (TPSA) is 182 Å². The second-order valence-electron chi connectivity index (χ2n) is 8.72. The van der Waals surface area contributed by atoms with E-state index in [4.69, 9.17) is 10.5 Å². The first kappa shape index (κ1) is 25.3. The normalized spacial score (nSPS) is 12.1. The van der Waals surface area contributed by atoms with Gasteiger partial charge in [0.25, 0.3) is 11.5 Å². The van der Waals surface area contributed by atoms with E-state index in [1.807, 2.05) is 0 Å². The summed E-state index contributed by atoms with van der Waals surface area (Å²) in [4.78, 5) is 62.5. The molecule has 1 unspecified atom stereocenters. The molecule has 35 heavy (non-hydrogen) atoms. The summed E-state index contributed by atoms with van der Waals surface area (Å²) in [5, 5.41) is 5.77. The molecule has 1 amide bonds. The van der Waals surface area contributed by atoms with E-state index in [9.17, 15) is 19.2 Å². The van der Waals surface area contributed by atoms with E-state index in [0.29, 0.717) is 23.2 Å². The number of esters is 1. The molecule has 0 saturated carbocycles. The molecule has 0 fully saturated rings. The molecule has 0 saturated heterocycles. The number of carbonyl (C=O) groups is 3. The van der Waals surface area contributed by atoms with Gasteiger partial charge in [0.15, 0.2) is 11.2 Å². The van der Waals surface area contributed by atoms with Crippen LogP contribution in [0.5, 0.6) is 0 Å². The number of fused-ring (bicyclic) bond motifs is 1. The number of nitrogens with zero attached hydrogens (tertiary/aromatic N) is 3. The van der Waals surface area contributed by atoms with Crippen molar-refractivity contribution in [2.45, 2.75) is 51.8 Å². The number of aldehydes is 1. The summed E-state index contributed by atoms with van der Waals surface area (Å²) in [5.74, 6) is -1.10. The van der Waals surface area contributed by atoms with Gasteiger partial charge >= 0.3 is 5.97 Å². The molecule has 3 rings (SSSR count). The maximum atomic E-state index is 12.7. The predicted octanol–water partition coefficient (Wildman–Crippen LogP) is 1.33. The second-order valence-corrected chi connectivity index (χ2v) is 8.72. The average Bonchev–Trinajstić information content (AvgIpc) is 2.79. The van der Waals surface area contributed by atoms with Crippen molar-refractivity contribution in [3.8, 4) is 0 Å². The van der Waals surface area contributed by atoms with E-state index in [0.717, 1.165) is 0 Å². The molecule has 0 aliphatic heterocycles. The summed E-state index contributed by atoms with van der Waals surface area (Å²) in [6.07, 6.45) is 2.42. The van der Waals surface area contributed by atoms with Gasteiger partial charge in [-0.05, 0) is 51.5 Å². The zero-order valence-electron chi connectivity index (χ0n) is 19.6. The number of nitrogens with two attached hydrogens (primary N) is 1. The minimum Gasteiger partial charge on any atom is -0.458 e. The van der Waals surface area contributed by atoms with E-state index in [2.05, 4.69) is 30.6 Å². The Kier molecular flexibility index (Phi) is 7.74. The highest BCUT2D eigenvalue weighted by molar-refractivity contribution is 5.97. The molecule has 2 heterocycles. The fraction of sp³-hybridized carbons (Fsp3) is 0.348. The van der Waals surface area contributed by atoms with Gasteiger partial charge in [0, 0.05) is 17.7 Å². The van der Waals surface area contributed by atoms with Crippen LogP contribution in [0.3, 0.4) is 0 Å². The van der Waals surface area contributed by atoms with Crippen molar-refractivity contribution in [2.75, 3.05) is 11.1 Å². The lowest BCUT2D eigenvalue weighted by atomic mass is 10.1. The first-order chi connectivity index (χ1) is 16.6. The van der Waals surface area contributed by atoms with E-state index < -0.39 is 29.1 Å². The van der Waals surface area contributed by atoms with Gasteiger partial charge in [-0.15, -0.1) is 0 Å². The van der Waals surface area contributed by atoms with Crippen LogP contribution in [0.25, 0.3) is 11.2 Å². The Labute approximate surface area is 200 Å². The van der Waals surface area contributed by atoms with Crippen molar-refractivity contribution in [3.05, 3.63) is 52.1 Å². The van der Waals surface area contributed by atoms with Crippen molar-refractivity contribution in [3.63, 3.8) is 0 Å². The highest BCUT2D eigenvalue weighted by atomic mass is 16.6. The average molecular weight is 482 g/mol. The summed E-state index contributed by atoms with van der Waals surface area (Å²) < 4.78 is 5.34. The van der Waals surface area contributed by atoms with Gasteiger partial charge in [-0.3, -0.25) is 14.6 Å². The summed E-state index contributed by atoms with van der Waals surface area (Å²) in [6.45, 7) is 5.45. The number of nitrogens with one attached hydrogen (secondary N) is 3. The van der Waals surface area contributed by atoms with Crippen LogP contribution in [-0.2, 0) is 20.9 Å². The van der Waals surface area contributed by atoms with Crippen LogP contribution in [0, 0.1) is 0 Å². The summed E-state index contributed by atoms with van der Waals surface area (Å²) in [7, 11) is 0. The number of hydrogen-bond acceptors (Lipinski definition) is 10. The number of hydrogen-bond donors (Lipinski definition) is 4. The van der Waals surface area contributed by atoms with E-state index in [1.54, 1.807) is 45.0 Å². The fourth-order valence-corrected chi connectivity index (χ4v) is 3.09. The Balaban J connectivity index is 1.63. The van der Waals surface area contributed by atoms with Gasteiger partial charge in [0.1, 0.15) is 17.9 Å². The standard InChI is InChI=1S/C23H27N7O5/c1-23(2,3)35-21(34)16(5-4-10-31)28-19(32)13-6-8-14(9-7-13)25-11-15-12-26-18-17(27-15)20(33)30-22(24)29-18/h6-10,12,16,25H,4-5,11H2,1-3H3,(H,28,32)(H3,24,26,29,30,33). The maximum Gasteiger partial charge on any atom is 0.329 e. The molecule has 0 radical (unpaired) electrons. The Bertz CT molecular complexity index is 1280. The van der Waals surface area contributed by atoms with E-state index in [-0.39, 0.29) is 36.5 Å². The molecule has 12 nitrogen and oxygen atoms in total. The number of ether oxygens (including phenoxy) is 1. The van der Waals surface area contributed by atoms with Crippen molar-refractivity contribution >= 4 is 41.0 Å². The Morgan fingerprint density at radius 3 is 2.57 bits per heavy atom. The van der Waals surface area contributed by atoms with Crippen molar-refractivity contribution in [1.29, 1.82) is 0 Å². The molecule has 1 aromatic carbocycles. The third-order valence-electron chi connectivity index (χ3n) is 4.68. The highest BCUT2D eigenvalue weighted by Crippen LogP contribution is 2.14. The molecular formula is C23H27N7O5. The number of carbonyl (C=O) groups excluding carboxylic acids is 3. The third kappa shape index (κ3) is 7.06. The monoisotopic (exact) mass is 481 g/mol. The highest BCUT2D eigenvalue weighted by Gasteiger charge is 2.26. The lowest BCUT2D eigenvalue weighted by Gasteiger charge is -2.24. The molecule has 0 bridgehead atoms. The van der Waals surface area contributed by atoms with Crippen molar-refractivity contribution in [2.24, 2.45) is 0 Å². The van der Waals surface area contributed by atoms with Crippen LogP contribution in [0.4, 0.5) is 11.6 Å². The number of H-pyrrole nitrogens is 1. The molecule has 184 valence electrons. The molecule has 2 aromatic heterocycles. The summed E-state index contributed by atoms with van der Waals surface area (Å²) in [5.41, 5.74) is 6.07.